The summed E-state index contributed by atoms with van der Waals surface area (Å²) in [5.41, 5.74) is 7.05. The van der Waals surface area contributed by atoms with E-state index in [1.54, 1.807) is 32.9 Å². The fourth-order valence-electron chi connectivity index (χ4n) is 3.87. The number of hydrogen-bond acceptors (Lipinski definition) is 11. The van der Waals surface area contributed by atoms with Crippen LogP contribution in [-0.4, -0.2) is 50.9 Å². The third kappa shape index (κ3) is 8.93. The summed E-state index contributed by atoms with van der Waals surface area (Å²) in [6, 6.07) is 17.9. The zero-order valence-corrected chi connectivity index (χ0v) is 25.0. The number of amides is 2. The minimum Gasteiger partial charge on any atom is -0.476 e. The first kappa shape index (κ1) is 32.3. The van der Waals surface area contributed by atoms with Crippen molar-refractivity contribution in [1.29, 1.82) is 0 Å². The molecule has 0 saturated heterocycles. The number of benzene rings is 1. The summed E-state index contributed by atoms with van der Waals surface area (Å²) >= 11 is 0. The second-order valence-corrected chi connectivity index (χ2v) is 9.97. The Kier molecular flexibility index (Phi) is 10.9. The van der Waals surface area contributed by atoms with E-state index >= 15 is 0 Å². The van der Waals surface area contributed by atoms with Crippen LogP contribution in [0.4, 0.5) is 17.1 Å². The lowest BCUT2D eigenvalue weighted by Crippen LogP contribution is -2.19. The van der Waals surface area contributed by atoms with Crippen molar-refractivity contribution in [1.82, 2.24) is 15.0 Å². The molecule has 0 saturated carbocycles. The van der Waals surface area contributed by atoms with Crippen LogP contribution in [0.2, 0.25) is 0 Å². The normalized spacial score (nSPS) is 10.7. The van der Waals surface area contributed by atoms with Crippen LogP contribution in [0.5, 0.6) is 17.6 Å². The molecule has 3 aromatic heterocycles. The van der Waals surface area contributed by atoms with Crippen molar-refractivity contribution in [3.8, 4) is 17.6 Å². The number of aryl methyl sites for hydroxylation is 1. The predicted molar refractivity (Wildman–Crippen MR) is 166 cm³/mol. The van der Waals surface area contributed by atoms with Crippen molar-refractivity contribution in [2.45, 2.75) is 39.9 Å². The quantitative estimate of drug-likeness (QED) is 0.101. The van der Waals surface area contributed by atoms with Gasteiger partial charge in [-0.1, -0.05) is 30.3 Å². The summed E-state index contributed by atoms with van der Waals surface area (Å²) in [6.45, 7) is 6.03. The third-order valence-electron chi connectivity index (χ3n) is 6.01. The third-order valence-corrected chi connectivity index (χ3v) is 6.01. The van der Waals surface area contributed by atoms with Crippen LogP contribution >= 0.6 is 0 Å². The molecule has 0 spiro atoms. The van der Waals surface area contributed by atoms with Gasteiger partial charge in [0.25, 0.3) is 17.7 Å². The van der Waals surface area contributed by atoms with E-state index in [1.165, 1.54) is 18.2 Å². The van der Waals surface area contributed by atoms with Gasteiger partial charge in [-0.25, -0.2) is 15.0 Å². The highest BCUT2D eigenvalue weighted by molar-refractivity contribution is 6.05. The van der Waals surface area contributed by atoms with Gasteiger partial charge in [-0.15, -0.1) is 0 Å². The number of nitrogens with zero attached hydrogens (tertiary/aromatic N) is 4. The van der Waals surface area contributed by atoms with Crippen LogP contribution in [0.15, 0.2) is 66.7 Å². The fraction of sp³-hybridized carbons (Fsp3) is 0.258. The van der Waals surface area contributed by atoms with Gasteiger partial charge in [0.15, 0.2) is 0 Å². The number of nitrogens with two attached hydrogens (primary N) is 1. The molecule has 45 heavy (non-hydrogen) atoms. The van der Waals surface area contributed by atoms with Gasteiger partial charge in [-0.05, 0) is 69.6 Å². The van der Waals surface area contributed by atoms with Crippen LogP contribution in [0.25, 0.3) is 0 Å². The summed E-state index contributed by atoms with van der Waals surface area (Å²) < 4.78 is 17.1. The topological polar surface area (TPSA) is 194 Å². The van der Waals surface area contributed by atoms with E-state index in [-0.39, 0.29) is 47.0 Å². The molecule has 4 N–H and O–H groups in total. The van der Waals surface area contributed by atoms with E-state index in [9.17, 15) is 19.7 Å². The standard InChI is InChI=1S/C31H33N7O7/c1-19(2)45-31-26(38(41)42)15-14-23(37-31)28(40)35-25-13-12-22(36-30(25)44-18-21-8-5-4-6-9-21)27(39)34-24-11-10-20(3)33-29(24)43-17-7-16-32/h4-6,8-15,19H,7,16-18,32H2,1-3H3,(H,34,39)(H,35,40). The van der Waals surface area contributed by atoms with Crippen molar-refractivity contribution in [3.63, 3.8) is 0 Å². The van der Waals surface area contributed by atoms with Crippen LogP contribution in [0.3, 0.4) is 0 Å². The van der Waals surface area contributed by atoms with E-state index in [1.807, 2.05) is 30.3 Å². The highest BCUT2D eigenvalue weighted by Crippen LogP contribution is 2.29. The maximum atomic E-state index is 13.3. The number of hydrogen-bond donors (Lipinski definition) is 3. The number of anilines is 2. The zero-order valence-electron chi connectivity index (χ0n) is 25.0. The number of nitrogens with one attached hydrogen (secondary N) is 2. The monoisotopic (exact) mass is 615 g/mol. The molecular weight excluding hydrogens is 582 g/mol. The summed E-state index contributed by atoms with van der Waals surface area (Å²) in [5, 5.41) is 16.8. The van der Waals surface area contributed by atoms with Gasteiger partial charge in [0, 0.05) is 11.8 Å². The van der Waals surface area contributed by atoms with Crippen molar-refractivity contribution < 1.29 is 28.7 Å². The maximum absolute atomic E-state index is 13.3. The molecule has 234 valence electrons. The van der Waals surface area contributed by atoms with Crippen molar-refractivity contribution >= 4 is 28.9 Å². The molecule has 0 unspecified atom stereocenters. The van der Waals surface area contributed by atoms with E-state index < -0.39 is 22.8 Å². The summed E-state index contributed by atoms with van der Waals surface area (Å²) in [6.07, 6.45) is 0.195. The molecule has 0 atom stereocenters. The summed E-state index contributed by atoms with van der Waals surface area (Å²) in [4.78, 5) is 50.1. The highest BCUT2D eigenvalue weighted by atomic mass is 16.6. The number of aromatic nitrogens is 3. The molecule has 1 aromatic carbocycles. The predicted octanol–water partition coefficient (Wildman–Crippen LogP) is 4.69. The van der Waals surface area contributed by atoms with Gasteiger partial charge >= 0.3 is 5.69 Å². The molecule has 0 aliphatic rings. The molecule has 14 nitrogen and oxygen atoms in total. The minimum absolute atomic E-state index is 0.00868. The Morgan fingerprint density at radius 1 is 0.844 bits per heavy atom. The average molecular weight is 616 g/mol. The number of rotatable bonds is 14. The molecule has 14 heteroatoms. The maximum Gasteiger partial charge on any atom is 0.331 e. The second-order valence-electron chi connectivity index (χ2n) is 9.97. The first-order chi connectivity index (χ1) is 21.6. The Balaban J connectivity index is 1.61. The Bertz CT molecular complexity index is 1670. The molecule has 0 radical (unpaired) electrons. The van der Waals surface area contributed by atoms with E-state index in [0.717, 1.165) is 11.6 Å². The van der Waals surface area contributed by atoms with Gasteiger partial charge in [-0.3, -0.25) is 19.7 Å². The summed E-state index contributed by atoms with van der Waals surface area (Å²) in [5.74, 6) is -1.35. The molecule has 0 bridgehead atoms. The molecule has 0 aliphatic heterocycles. The number of nitro groups is 1. The Morgan fingerprint density at radius 3 is 2.07 bits per heavy atom. The first-order valence-corrected chi connectivity index (χ1v) is 14.1. The van der Waals surface area contributed by atoms with Gasteiger partial charge < -0.3 is 30.6 Å². The van der Waals surface area contributed by atoms with E-state index in [0.29, 0.717) is 31.0 Å². The Morgan fingerprint density at radius 2 is 1.44 bits per heavy atom. The van der Waals surface area contributed by atoms with E-state index in [4.69, 9.17) is 19.9 Å². The lowest BCUT2D eigenvalue weighted by molar-refractivity contribution is -0.386. The number of pyridine rings is 3. The van der Waals surface area contributed by atoms with Crippen LogP contribution in [0.1, 0.15) is 52.5 Å². The Hall–Kier alpha value is -5.63. The molecule has 3 heterocycles. The van der Waals surface area contributed by atoms with Crippen molar-refractivity contribution in [2.75, 3.05) is 23.8 Å². The van der Waals surface area contributed by atoms with Crippen molar-refractivity contribution in [2.24, 2.45) is 5.73 Å². The average Bonchev–Trinajstić information content (AvgIpc) is 3.01. The number of carbonyl (C=O) groups excluding carboxylic acids is 2. The van der Waals surface area contributed by atoms with Crippen LogP contribution in [-0.2, 0) is 6.61 Å². The molecule has 0 aliphatic carbocycles. The highest BCUT2D eigenvalue weighted by Gasteiger charge is 2.23. The minimum atomic E-state index is -0.702. The van der Waals surface area contributed by atoms with Crippen LogP contribution < -0.4 is 30.6 Å². The van der Waals surface area contributed by atoms with Gasteiger partial charge in [-0.2, -0.15) is 0 Å². The van der Waals surface area contributed by atoms with E-state index in [2.05, 4.69) is 25.6 Å². The molecule has 2 amide bonds. The summed E-state index contributed by atoms with van der Waals surface area (Å²) in [7, 11) is 0. The molecule has 0 fully saturated rings. The first-order valence-electron chi connectivity index (χ1n) is 14.1. The SMILES string of the molecule is Cc1ccc(NC(=O)c2ccc(NC(=O)c3ccc([N+](=O)[O-])c(OC(C)C)n3)c(OCc3ccccc3)n2)c(OCCCN)n1. The largest absolute Gasteiger partial charge is 0.476 e. The fourth-order valence-corrected chi connectivity index (χ4v) is 3.87. The zero-order chi connectivity index (χ0) is 32.3. The molecular formula is C31H33N7O7. The number of carbonyl (C=O) groups is 2. The van der Waals surface area contributed by atoms with Crippen LogP contribution in [0, 0.1) is 17.0 Å². The van der Waals surface area contributed by atoms with Crippen molar-refractivity contribution in [3.05, 3.63) is 99.5 Å². The Labute approximate surface area is 259 Å². The van der Waals surface area contributed by atoms with Gasteiger partial charge in [0.1, 0.15) is 29.4 Å². The lowest BCUT2D eigenvalue weighted by Gasteiger charge is -2.15. The molecule has 4 aromatic rings. The number of ether oxygens (including phenoxy) is 3. The second kappa shape index (κ2) is 15.2. The molecule has 4 rings (SSSR count). The lowest BCUT2D eigenvalue weighted by atomic mass is 10.2. The van der Waals surface area contributed by atoms with Gasteiger partial charge in [0.05, 0.1) is 17.6 Å². The smallest absolute Gasteiger partial charge is 0.331 e. The van der Waals surface area contributed by atoms with Gasteiger partial charge in [0.2, 0.25) is 11.8 Å².